The van der Waals surface area contributed by atoms with Crippen molar-refractivity contribution in [3.63, 3.8) is 0 Å². The zero-order valence-corrected chi connectivity index (χ0v) is 11.9. The van der Waals surface area contributed by atoms with Crippen molar-refractivity contribution >= 4 is 11.3 Å². The molecule has 1 aromatic heterocycles. The van der Waals surface area contributed by atoms with Gasteiger partial charge in [0.2, 0.25) is 0 Å². The fourth-order valence-corrected chi connectivity index (χ4v) is 2.46. The minimum Gasteiger partial charge on any atom is -0.385 e. The minimum absolute atomic E-state index is 0.461. The van der Waals surface area contributed by atoms with Gasteiger partial charge in [-0.2, -0.15) is 0 Å². The Morgan fingerprint density at radius 3 is 2.94 bits per heavy atom. The van der Waals surface area contributed by atoms with Gasteiger partial charge in [-0.25, -0.2) is 0 Å². The molecule has 0 aliphatic rings. The number of ether oxygens (including phenoxy) is 1. The molecule has 0 bridgehead atoms. The Kier molecular flexibility index (Phi) is 7.44. The van der Waals surface area contributed by atoms with Gasteiger partial charge in [0, 0.05) is 44.3 Å². The maximum atomic E-state index is 5.04. The van der Waals surface area contributed by atoms with E-state index in [1.54, 1.807) is 7.11 Å². The first-order chi connectivity index (χ1) is 8.24. The molecule has 17 heavy (non-hydrogen) atoms. The molecule has 1 N–H and O–H groups in total. The summed E-state index contributed by atoms with van der Waals surface area (Å²) in [6.07, 6.45) is 1.10. The molecule has 0 radical (unpaired) electrons. The number of likely N-dealkylation sites (N-methyl/N-ethyl adjacent to an activating group) is 1. The molecule has 1 heterocycles. The molecular weight excluding hydrogens is 232 g/mol. The molecule has 1 unspecified atom stereocenters. The normalized spacial score (nSPS) is 13.2. The SMILES string of the molecule is COCCCN(C)CCNC(C)c1cccs1. The second-order valence-electron chi connectivity index (χ2n) is 4.34. The van der Waals surface area contributed by atoms with Gasteiger partial charge in [0.05, 0.1) is 0 Å². The summed E-state index contributed by atoms with van der Waals surface area (Å²) in [6, 6.07) is 4.75. The lowest BCUT2D eigenvalue weighted by atomic mass is 10.3. The largest absolute Gasteiger partial charge is 0.385 e. The number of nitrogens with one attached hydrogen (secondary N) is 1. The first-order valence-corrected chi connectivity index (χ1v) is 7.06. The molecule has 0 spiro atoms. The predicted molar refractivity (Wildman–Crippen MR) is 74.7 cm³/mol. The van der Waals surface area contributed by atoms with Crippen LogP contribution in [0.4, 0.5) is 0 Å². The molecule has 0 aliphatic carbocycles. The van der Waals surface area contributed by atoms with Crippen molar-refractivity contribution < 1.29 is 4.74 Å². The Labute approximate surface area is 109 Å². The van der Waals surface area contributed by atoms with E-state index in [4.69, 9.17) is 4.74 Å². The number of hydrogen-bond donors (Lipinski definition) is 1. The third-order valence-corrected chi connectivity index (χ3v) is 3.86. The molecule has 0 saturated carbocycles. The van der Waals surface area contributed by atoms with Gasteiger partial charge < -0.3 is 15.0 Å². The van der Waals surface area contributed by atoms with Crippen LogP contribution in [0.25, 0.3) is 0 Å². The Balaban J connectivity index is 2.06. The molecule has 1 rings (SSSR count). The van der Waals surface area contributed by atoms with Crippen LogP contribution < -0.4 is 5.32 Å². The molecule has 0 aliphatic heterocycles. The van der Waals surface area contributed by atoms with Gasteiger partial charge in [0.1, 0.15) is 0 Å². The van der Waals surface area contributed by atoms with Crippen molar-refractivity contribution in [2.24, 2.45) is 0 Å². The molecular formula is C13H24N2OS. The highest BCUT2D eigenvalue weighted by Crippen LogP contribution is 2.17. The van der Waals surface area contributed by atoms with Crippen LogP contribution in [0.5, 0.6) is 0 Å². The zero-order valence-electron chi connectivity index (χ0n) is 11.1. The highest BCUT2D eigenvalue weighted by Gasteiger charge is 2.05. The van der Waals surface area contributed by atoms with Gasteiger partial charge in [-0.1, -0.05) is 6.07 Å². The molecule has 0 aromatic carbocycles. The number of rotatable bonds is 9. The minimum atomic E-state index is 0.461. The second-order valence-corrected chi connectivity index (χ2v) is 5.32. The van der Waals surface area contributed by atoms with E-state index in [0.29, 0.717) is 6.04 Å². The van der Waals surface area contributed by atoms with E-state index in [2.05, 4.69) is 41.7 Å². The lowest BCUT2D eigenvalue weighted by Gasteiger charge is -2.18. The van der Waals surface area contributed by atoms with E-state index in [1.807, 2.05) is 11.3 Å². The number of nitrogens with zero attached hydrogens (tertiary/aromatic N) is 1. The molecule has 0 saturated heterocycles. The summed E-state index contributed by atoms with van der Waals surface area (Å²) >= 11 is 1.81. The van der Waals surface area contributed by atoms with Gasteiger partial charge in [0.25, 0.3) is 0 Å². The van der Waals surface area contributed by atoms with E-state index in [9.17, 15) is 0 Å². The van der Waals surface area contributed by atoms with Crippen molar-refractivity contribution in [3.8, 4) is 0 Å². The van der Waals surface area contributed by atoms with Crippen LogP contribution in [0.2, 0.25) is 0 Å². The lowest BCUT2D eigenvalue weighted by Crippen LogP contribution is -2.31. The Morgan fingerprint density at radius 2 is 2.29 bits per heavy atom. The quantitative estimate of drug-likeness (QED) is 0.687. The fraction of sp³-hybridized carbons (Fsp3) is 0.692. The van der Waals surface area contributed by atoms with E-state index < -0.39 is 0 Å². The van der Waals surface area contributed by atoms with Crippen LogP contribution in [-0.2, 0) is 4.74 Å². The van der Waals surface area contributed by atoms with Crippen LogP contribution in [0.3, 0.4) is 0 Å². The van der Waals surface area contributed by atoms with Crippen LogP contribution in [0, 0.1) is 0 Å². The standard InChI is InChI=1S/C13H24N2OS/c1-12(13-6-4-11-17-13)14-7-9-15(2)8-5-10-16-3/h4,6,11-12,14H,5,7-10H2,1-3H3. The van der Waals surface area contributed by atoms with Gasteiger partial charge >= 0.3 is 0 Å². The summed E-state index contributed by atoms with van der Waals surface area (Å²) in [5.74, 6) is 0. The topological polar surface area (TPSA) is 24.5 Å². The molecule has 0 amide bonds. The van der Waals surface area contributed by atoms with Crippen LogP contribution in [-0.4, -0.2) is 45.3 Å². The van der Waals surface area contributed by atoms with Crippen molar-refractivity contribution in [2.75, 3.05) is 40.4 Å². The molecule has 1 atom stereocenters. The number of methoxy groups -OCH3 is 1. The van der Waals surface area contributed by atoms with Crippen molar-refractivity contribution in [1.82, 2.24) is 10.2 Å². The number of hydrogen-bond acceptors (Lipinski definition) is 4. The Bertz CT molecular complexity index is 277. The molecule has 0 fully saturated rings. The first-order valence-electron chi connectivity index (χ1n) is 6.18. The maximum absolute atomic E-state index is 5.04. The van der Waals surface area contributed by atoms with E-state index in [-0.39, 0.29) is 0 Å². The zero-order chi connectivity index (χ0) is 12.5. The smallest absolute Gasteiger partial charge is 0.0474 e. The summed E-state index contributed by atoms with van der Waals surface area (Å²) in [6.45, 7) is 6.28. The highest BCUT2D eigenvalue weighted by atomic mass is 32.1. The van der Waals surface area contributed by atoms with Crippen LogP contribution >= 0.6 is 11.3 Å². The first kappa shape index (κ1) is 14.6. The molecule has 4 heteroatoms. The van der Waals surface area contributed by atoms with Crippen molar-refractivity contribution in [1.29, 1.82) is 0 Å². The average Bonchev–Trinajstić information content (AvgIpc) is 2.82. The fourth-order valence-electron chi connectivity index (χ4n) is 1.70. The summed E-state index contributed by atoms with van der Waals surface area (Å²) < 4.78 is 5.04. The summed E-state index contributed by atoms with van der Waals surface area (Å²) in [5.41, 5.74) is 0. The van der Waals surface area contributed by atoms with E-state index in [0.717, 1.165) is 32.7 Å². The number of thiophene rings is 1. The van der Waals surface area contributed by atoms with Gasteiger partial charge in [-0.05, 0) is 31.8 Å². The third kappa shape index (κ3) is 6.17. The van der Waals surface area contributed by atoms with Crippen molar-refractivity contribution in [2.45, 2.75) is 19.4 Å². The second kappa shape index (κ2) is 8.64. The third-order valence-electron chi connectivity index (χ3n) is 2.80. The Hall–Kier alpha value is -0.420. The monoisotopic (exact) mass is 256 g/mol. The summed E-state index contributed by atoms with van der Waals surface area (Å²) in [5, 5.41) is 5.67. The summed E-state index contributed by atoms with van der Waals surface area (Å²) in [4.78, 5) is 3.75. The van der Waals surface area contributed by atoms with Gasteiger partial charge in [-0.15, -0.1) is 11.3 Å². The predicted octanol–water partition coefficient (Wildman–Crippen LogP) is 2.37. The summed E-state index contributed by atoms with van der Waals surface area (Å²) in [7, 11) is 3.91. The van der Waals surface area contributed by atoms with Crippen molar-refractivity contribution in [3.05, 3.63) is 22.4 Å². The highest BCUT2D eigenvalue weighted by molar-refractivity contribution is 7.10. The average molecular weight is 256 g/mol. The maximum Gasteiger partial charge on any atom is 0.0474 e. The lowest BCUT2D eigenvalue weighted by molar-refractivity contribution is 0.179. The van der Waals surface area contributed by atoms with E-state index in [1.165, 1.54) is 4.88 Å². The molecule has 98 valence electrons. The van der Waals surface area contributed by atoms with Gasteiger partial charge in [-0.3, -0.25) is 0 Å². The van der Waals surface area contributed by atoms with E-state index >= 15 is 0 Å². The molecule has 1 aromatic rings. The van der Waals surface area contributed by atoms with Crippen LogP contribution in [0.1, 0.15) is 24.3 Å². The van der Waals surface area contributed by atoms with Gasteiger partial charge in [0.15, 0.2) is 0 Å². The molecule has 3 nitrogen and oxygen atoms in total. The Morgan fingerprint density at radius 1 is 1.47 bits per heavy atom. The van der Waals surface area contributed by atoms with Crippen LogP contribution in [0.15, 0.2) is 17.5 Å².